The topological polar surface area (TPSA) is 73.6 Å². The normalized spacial score (nSPS) is 13.9. The van der Waals surface area contributed by atoms with Crippen molar-refractivity contribution in [1.29, 1.82) is 0 Å². The first-order valence-corrected chi connectivity index (χ1v) is 7.03. The van der Waals surface area contributed by atoms with Crippen LogP contribution in [0.15, 0.2) is 16.6 Å². The molecule has 0 radical (unpaired) electrons. The molecule has 0 unspecified atom stereocenters. The van der Waals surface area contributed by atoms with Gasteiger partial charge in [0.1, 0.15) is 0 Å². The van der Waals surface area contributed by atoms with Crippen molar-refractivity contribution >= 4 is 21.8 Å². The third-order valence-electron chi connectivity index (χ3n) is 2.74. The molecule has 3 N–H and O–H groups in total. The monoisotopic (exact) mass is 328 g/mol. The van der Waals surface area contributed by atoms with Gasteiger partial charge in [-0.05, 0) is 33.6 Å². The molecule has 1 aromatic carbocycles. The lowest BCUT2D eigenvalue weighted by atomic mass is 10.2. The molecule has 2 rings (SSSR count). The van der Waals surface area contributed by atoms with Gasteiger partial charge in [0, 0.05) is 25.9 Å². The number of primary amides is 1. The Hall–Kier alpha value is -1.27. The van der Waals surface area contributed by atoms with E-state index in [0.717, 1.165) is 28.0 Å². The van der Waals surface area contributed by atoms with Gasteiger partial charge in [-0.1, -0.05) is 0 Å². The summed E-state index contributed by atoms with van der Waals surface area (Å²) in [6.07, 6.45) is 1.22. The fraction of sp³-hybridized carbons (Fsp3) is 0.462. The molecule has 5 nitrogen and oxygen atoms in total. The van der Waals surface area contributed by atoms with Gasteiger partial charge in [-0.15, -0.1) is 0 Å². The van der Waals surface area contributed by atoms with Crippen LogP contribution in [0, 0.1) is 0 Å². The van der Waals surface area contributed by atoms with E-state index in [2.05, 4.69) is 21.2 Å². The van der Waals surface area contributed by atoms with Gasteiger partial charge in [-0.25, -0.2) is 0 Å². The molecule has 0 saturated carbocycles. The van der Waals surface area contributed by atoms with Crippen LogP contribution in [-0.2, 0) is 11.3 Å². The molecule has 1 aromatic rings. The molecule has 0 aliphatic carbocycles. The molecule has 0 saturated heterocycles. The Bertz CT molecular complexity index is 465. The zero-order chi connectivity index (χ0) is 13.7. The number of nitrogens with two attached hydrogens (primary N) is 1. The van der Waals surface area contributed by atoms with Crippen LogP contribution >= 0.6 is 15.9 Å². The molecular weight excluding hydrogens is 312 g/mol. The summed E-state index contributed by atoms with van der Waals surface area (Å²) in [7, 11) is 0. The number of hydrogen-bond donors (Lipinski definition) is 2. The molecular formula is C13H17BrN2O3. The largest absolute Gasteiger partial charge is 0.490 e. The summed E-state index contributed by atoms with van der Waals surface area (Å²) in [6, 6.07) is 3.95. The number of amides is 1. The minimum atomic E-state index is -0.299. The van der Waals surface area contributed by atoms with Crippen LogP contribution in [0.3, 0.4) is 0 Å². The molecule has 0 fully saturated rings. The summed E-state index contributed by atoms with van der Waals surface area (Å²) in [5.74, 6) is 1.23. The minimum Gasteiger partial charge on any atom is -0.490 e. The molecule has 1 amide bonds. The number of rotatable bonds is 5. The van der Waals surface area contributed by atoms with Crippen LogP contribution in [-0.4, -0.2) is 25.7 Å². The summed E-state index contributed by atoms with van der Waals surface area (Å²) in [5.41, 5.74) is 6.15. The van der Waals surface area contributed by atoms with Crippen molar-refractivity contribution in [3.05, 3.63) is 22.2 Å². The molecule has 0 spiro atoms. The number of fused-ring (bicyclic) bond motifs is 1. The van der Waals surface area contributed by atoms with Crippen molar-refractivity contribution in [2.75, 3.05) is 19.8 Å². The Morgan fingerprint density at radius 1 is 1.37 bits per heavy atom. The SMILES string of the molecule is NC(=O)CCNCc1cc(Br)c2c(c1)OCCCO2. The first-order chi connectivity index (χ1) is 9.16. The molecule has 1 aliphatic rings. The Balaban J connectivity index is 2.00. The van der Waals surface area contributed by atoms with Gasteiger partial charge in [0.05, 0.1) is 17.7 Å². The second-order valence-corrected chi connectivity index (χ2v) is 5.20. The van der Waals surface area contributed by atoms with Gasteiger partial charge in [-0.3, -0.25) is 4.79 Å². The highest BCUT2D eigenvalue weighted by molar-refractivity contribution is 9.10. The lowest BCUT2D eigenvalue weighted by molar-refractivity contribution is -0.117. The average molecular weight is 329 g/mol. The highest BCUT2D eigenvalue weighted by Crippen LogP contribution is 2.38. The van der Waals surface area contributed by atoms with Gasteiger partial charge in [0.15, 0.2) is 11.5 Å². The van der Waals surface area contributed by atoms with E-state index in [0.29, 0.717) is 32.7 Å². The van der Waals surface area contributed by atoms with Crippen molar-refractivity contribution in [2.45, 2.75) is 19.4 Å². The predicted molar refractivity (Wildman–Crippen MR) is 75.3 cm³/mol. The number of carbonyl (C=O) groups is 1. The zero-order valence-corrected chi connectivity index (χ0v) is 12.2. The molecule has 19 heavy (non-hydrogen) atoms. The average Bonchev–Trinajstić information content (AvgIpc) is 2.60. The van der Waals surface area contributed by atoms with Gasteiger partial charge in [0.2, 0.25) is 5.91 Å². The summed E-state index contributed by atoms with van der Waals surface area (Å²) in [6.45, 7) is 2.56. The maximum absolute atomic E-state index is 10.6. The van der Waals surface area contributed by atoms with Gasteiger partial charge in [0.25, 0.3) is 0 Å². The van der Waals surface area contributed by atoms with E-state index in [4.69, 9.17) is 15.2 Å². The van der Waals surface area contributed by atoms with Crippen molar-refractivity contribution < 1.29 is 14.3 Å². The summed E-state index contributed by atoms with van der Waals surface area (Å²) in [4.78, 5) is 10.6. The van der Waals surface area contributed by atoms with E-state index in [1.165, 1.54) is 0 Å². The quantitative estimate of drug-likeness (QED) is 0.805. The van der Waals surface area contributed by atoms with Crippen molar-refractivity contribution in [2.24, 2.45) is 5.73 Å². The van der Waals surface area contributed by atoms with Gasteiger partial charge in [-0.2, -0.15) is 0 Å². The van der Waals surface area contributed by atoms with Crippen LogP contribution in [0.2, 0.25) is 0 Å². The van der Waals surface area contributed by atoms with Gasteiger partial charge >= 0.3 is 0 Å². The molecule has 0 atom stereocenters. The third kappa shape index (κ3) is 4.11. The minimum absolute atomic E-state index is 0.299. The summed E-state index contributed by atoms with van der Waals surface area (Å²) < 4.78 is 12.2. The molecule has 0 bridgehead atoms. The standard InChI is InChI=1S/C13H17BrN2O3/c14-10-6-9(8-16-3-2-12(15)17)7-11-13(10)19-5-1-4-18-11/h6-7,16H,1-5,8H2,(H2,15,17). The molecule has 1 aliphatic heterocycles. The smallest absolute Gasteiger partial charge is 0.218 e. The molecule has 1 heterocycles. The number of carbonyl (C=O) groups excluding carboxylic acids is 1. The molecule has 104 valence electrons. The van der Waals surface area contributed by atoms with Crippen LogP contribution < -0.4 is 20.5 Å². The first kappa shape index (κ1) is 14.1. The second-order valence-electron chi connectivity index (χ2n) is 4.35. The van der Waals surface area contributed by atoms with E-state index in [9.17, 15) is 4.79 Å². The summed E-state index contributed by atoms with van der Waals surface area (Å²) >= 11 is 3.49. The highest BCUT2D eigenvalue weighted by Gasteiger charge is 2.15. The lowest BCUT2D eigenvalue weighted by Crippen LogP contribution is -2.21. The zero-order valence-electron chi connectivity index (χ0n) is 10.6. The van der Waals surface area contributed by atoms with Crippen molar-refractivity contribution in [1.82, 2.24) is 5.32 Å². The Labute approximate surface area is 120 Å². The number of benzene rings is 1. The second kappa shape index (κ2) is 6.77. The van der Waals surface area contributed by atoms with E-state index in [1.807, 2.05) is 12.1 Å². The van der Waals surface area contributed by atoms with Crippen LogP contribution in [0.25, 0.3) is 0 Å². The van der Waals surface area contributed by atoms with E-state index in [1.54, 1.807) is 0 Å². The maximum Gasteiger partial charge on any atom is 0.218 e. The fourth-order valence-corrected chi connectivity index (χ4v) is 2.43. The van der Waals surface area contributed by atoms with Gasteiger partial charge < -0.3 is 20.5 Å². The van der Waals surface area contributed by atoms with E-state index >= 15 is 0 Å². The molecule has 0 aromatic heterocycles. The number of hydrogen-bond acceptors (Lipinski definition) is 4. The first-order valence-electron chi connectivity index (χ1n) is 6.24. The van der Waals surface area contributed by atoms with Crippen molar-refractivity contribution in [3.63, 3.8) is 0 Å². The lowest BCUT2D eigenvalue weighted by Gasteiger charge is -2.12. The number of nitrogens with one attached hydrogen (secondary N) is 1. The maximum atomic E-state index is 10.6. The Morgan fingerprint density at radius 2 is 2.16 bits per heavy atom. The van der Waals surface area contributed by atoms with Crippen LogP contribution in [0.4, 0.5) is 0 Å². The number of ether oxygens (including phenoxy) is 2. The van der Waals surface area contributed by atoms with E-state index in [-0.39, 0.29) is 5.91 Å². The van der Waals surface area contributed by atoms with Crippen LogP contribution in [0.1, 0.15) is 18.4 Å². The Kier molecular flexibility index (Phi) is 5.04. The Morgan fingerprint density at radius 3 is 2.95 bits per heavy atom. The highest BCUT2D eigenvalue weighted by atomic mass is 79.9. The third-order valence-corrected chi connectivity index (χ3v) is 3.33. The fourth-order valence-electron chi connectivity index (χ4n) is 1.83. The van der Waals surface area contributed by atoms with Crippen molar-refractivity contribution in [3.8, 4) is 11.5 Å². The number of halogens is 1. The molecule has 6 heteroatoms. The van der Waals surface area contributed by atoms with Crippen LogP contribution in [0.5, 0.6) is 11.5 Å². The predicted octanol–water partition coefficient (Wildman–Crippen LogP) is 1.58. The summed E-state index contributed by atoms with van der Waals surface area (Å²) in [5, 5.41) is 3.16. The van der Waals surface area contributed by atoms with E-state index < -0.39 is 0 Å².